The first-order valence-corrected chi connectivity index (χ1v) is 7.43. The van der Waals surface area contributed by atoms with Crippen LogP contribution in [0, 0.1) is 0 Å². The second-order valence-corrected chi connectivity index (χ2v) is 5.28. The molecule has 0 aliphatic heterocycles. The molecule has 1 aliphatic carbocycles. The van der Waals surface area contributed by atoms with Crippen molar-refractivity contribution in [3.8, 4) is 17.1 Å². The van der Waals surface area contributed by atoms with Crippen molar-refractivity contribution >= 4 is 5.82 Å². The number of nitrogens with zero attached hydrogens (tertiary/aromatic N) is 3. The Kier molecular flexibility index (Phi) is 3.99. The fourth-order valence-corrected chi connectivity index (χ4v) is 2.16. The number of nitrogens with one attached hydrogen (secondary N) is 1. The minimum Gasteiger partial charge on any atom is -0.481 e. The predicted molar refractivity (Wildman–Crippen MR) is 82.6 cm³/mol. The number of hydrogen-bond acceptors (Lipinski definition) is 5. The Hall–Kier alpha value is -2.17. The normalized spacial score (nSPS) is 14.0. The third-order valence-electron chi connectivity index (χ3n) is 3.48. The van der Waals surface area contributed by atoms with Crippen molar-refractivity contribution in [1.29, 1.82) is 0 Å². The van der Waals surface area contributed by atoms with Gasteiger partial charge < -0.3 is 10.1 Å². The molecule has 0 radical (unpaired) electrons. The highest BCUT2D eigenvalue weighted by atomic mass is 16.5. The molecule has 0 bridgehead atoms. The molecule has 0 spiro atoms. The molecule has 3 rings (SSSR count). The van der Waals surface area contributed by atoms with Crippen LogP contribution in [0.25, 0.3) is 11.3 Å². The van der Waals surface area contributed by atoms with Gasteiger partial charge in [-0.2, -0.15) is 0 Å². The Morgan fingerprint density at radius 3 is 2.86 bits per heavy atom. The van der Waals surface area contributed by atoms with Gasteiger partial charge in [-0.15, -0.1) is 0 Å². The third kappa shape index (κ3) is 3.29. The number of ether oxygens (including phenoxy) is 1. The molecule has 0 atom stereocenters. The summed E-state index contributed by atoms with van der Waals surface area (Å²) >= 11 is 0. The first-order valence-electron chi connectivity index (χ1n) is 7.43. The molecule has 0 unspecified atom stereocenters. The molecule has 5 heteroatoms. The van der Waals surface area contributed by atoms with Crippen LogP contribution in [0.4, 0.5) is 5.82 Å². The van der Waals surface area contributed by atoms with Gasteiger partial charge in [0.1, 0.15) is 11.6 Å². The average molecular weight is 284 g/mol. The monoisotopic (exact) mass is 284 g/mol. The summed E-state index contributed by atoms with van der Waals surface area (Å²) in [5, 5.41) is 3.36. The van der Waals surface area contributed by atoms with Crippen molar-refractivity contribution in [3.05, 3.63) is 30.2 Å². The number of rotatable bonds is 6. The number of anilines is 1. The maximum Gasteiger partial charge on any atom is 0.213 e. The van der Waals surface area contributed by atoms with Crippen LogP contribution in [-0.2, 0) is 0 Å². The minimum atomic E-state index is 0.524. The van der Waals surface area contributed by atoms with E-state index in [0.29, 0.717) is 11.8 Å². The molecule has 2 aromatic rings. The topological polar surface area (TPSA) is 59.9 Å². The van der Waals surface area contributed by atoms with Crippen LogP contribution in [0.2, 0.25) is 0 Å². The van der Waals surface area contributed by atoms with E-state index in [-0.39, 0.29) is 0 Å². The molecule has 0 saturated heterocycles. The second kappa shape index (κ2) is 6.08. The Morgan fingerprint density at radius 2 is 2.14 bits per heavy atom. The summed E-state index contributed by atoms with van der Waals surface area (Å²) in [5.41, 5.74) is 1.93. The standard InChI is InChI=1S/C16H20N4O/c1-3-7-17-14-10-13(19-16(20-14)11-4-5-11)12-6-8-18-15(9-12)21-2/h6,8-11H,3-5,7H2,1-2H3,(H,17,19,20). The van der Waals surface area contributed by atoms with E-state index in [1.165, 1.54) is 12.8 Å². The van der Waals surface area contributed by atoms with Gasteiger partial charge in [0.25, 0.3) is 0 Å². The summed E-state index contributed by atoms with van der Waals surface area (Å²) in [5.74, 6) is 2.97. The number of pyridine rings is 1. The lowest BCUT2D eigenvalue weighted by Crippen LogP contribution is -2.05. The molecular weight excluding hydrogens is 264 g/mol. The summed E-state index contributed by atoms with van der Waals surface area (Å²) in [6, 6.07) is 5.85. The van der Waals surface area contributed by atoms with Crippen LogP contribution in [0.15, 0.2) is 24.4 Å². The number of methoxy groups -OCH3 is 1. The summed E-state index contributed by atoms with van der Waals surface area (Å²) in [6.45, 7) is 3.06. The number of aromatic nitrogens is 3. The van der Waals surface area contributed by atoms with Gasteiger partial charge in [0.2, 0.25) is 5.88 Å². The molecule has 2 heterocycles. The van der Waals surface area contributed by atoms with Crippen LogP contribution >= 0.6 is 0 Å². The predicted octanol–water partition coefficient (Wildman–Crippen LogP) is 3.25. The highest BCUT2D eigenvalue weighted by Gasteiger charge is 2.27. The first-order chi connectivity index (χ1) is 10.3. The third-order valence-corrected chi connectivity index (χ3v) is 3.48. The van der Waals surface area contributed by atoms with E-state index in [9.17, 15) is 0 Å². The molecule has 5 nitrogen and oxygen atoms in total. The second-order valence-electron chi connectivity index (χ2n) is 5.28. The fourth-order valence-electron chi connectivity index (χ4n) is 2.16. The highest BCUT2D eigenvalue weighted by Crippen LogP contribution is 2.39. The molecule has 110 valence electrons. The molecule has 0 aromatic carbocycles. The SMILES string of the molecule is CCCNc1cc(-c2ccnc(OC)c2)nc(C2CC2)n1. The maximum absolute atomic E-state index is 5.19. The van der Waals surface area contributed by atoms with E-state index in [2.05, 4.69) is 22.2 Å². The fraction of sp³-hybridized carbons (Fsp3) is 0.438. The van der Waals surface area contributed by atoms with Gasteiger partial charge >= 0.3 is 0 Å². The van der Waals surface area contributed by atoms with Crippen molar-refractivity contribution in [1.82, 2.24) is 15.0 Å². The highest BCUT2D eigenvalue weighted by molar-refractivity contribution is 5.63. The Bertz CT molecular complexity index is 625. The summed E-state index contributed by atoms with van der Waals surface area (Å²) in [6.07, 6.45) is 5.19. The Morgan fingerprint density at radius 1 is 1.29 bits per heavy atom. The van der Waals surface area contributed by atoms with Gasteiger partial charge in [0.15, 0.2) is 0 Å². The number of hydrogen-bond donors (Lipinski definition) is 1. The van der Waals surface area contributed by atoms with E-state index < -0.39 is 0 Å². The van der Waals surface area contributed by atoms with Gasteiger partial charge in [-0.05, 0) is 25.3 Å². The zero-order valence-electron chi connectivity index (χ0n) is 12.5. The molecule has 0 amide bonds. The molecule has 1 N–H and O–H groups in total. The molecule has 1 saturated carbocycles. The zero-order chi connectivity index (χ0) is 14.7. The van der Waals surface area contributed by atoms with E-state index in [1.54, 1.807) is 13.3 Å². The largest absolute Gasteiger partial charge is 0.481 e. The van der Waals surface area contributed by atoms with Crippen molar-refractivity contribution in [2.75, 3.05) is 19.0 Å². The van der Waals surface area contributed by atoms with Crippen molar-refractivity contribution < 1.29 is 4.74 Å². The van der Waals surface area contributed by atoms with E-state index in [1.807, 2.05) is 18.2 Å². The summed E-state index contributed by atoms with van der Waals surface area (Å²) in [7, 11) is 1.62. The van der Waals surface area contributed by atoms with Crippen molar-refractivity contribution in [3.63, 3.8) is 0 Å². The Labute approximate surface area is 124 Å². The smallest absolute Gasteiger partial charge is 0.213 e. The summed E-state index contributed by atoms with van der Waals surface area (Å²) in [4.78, 5) is 13.5. The van der Waals surface area contributed by atoms with Crippen LogP contribution in [0.3, 0.4) is 0 Å². The van der Waals surface area contributed by atoms with Crippen LogP contribution in [0.1, 0.15) is 37.9 Å². The van der Waals surface area contributed by atoms with E-state index in [0.717, 1.165) is 35.9 Å². The van der Waals surface area contributed by atoms with Crippen LogP contribution < -0.4 is 10.1 Å². The zero-order valence-corrected chi connectivity index (χ0v) is 12.5. The lowest BCUT2D eigenvalue weighted by Gasteiger charge is -2.10. The molecule has 2 aromatic heterocycles. The van der Waals surface area contributed by atoms with Gasteiger partial charge in [-0.3, -0.25) is 0 Å². The molecular formula is C16H20N4O. The van der Waals surface area contributed by atoms with E-state index in [4.69, 9.17) is 9.72 Å². The minimum absolute atomic E-state index is 0.524. The van der Waals surface area contributed by atoms with Gasteiger partial charge in [0.05, 0.1) is 12.8 Å². The molecule has 1 fully saturated rings. The molecule has 21 heavy (non-hydrogen) atoms. The lowest BCUT2D eigenvalue weighted by atomic mass is 10.2. The molecule has 1 aliphatic rings. The van der Waals surface area contributed by atoms with Gasteiger partial charge in [-0.25, -0.2) is 15.0 Å². The summed E-state index contributed by atoms with van der Waals surface area (Å²) < 4.78 is 5.19. The average Bonchev–Trinajstić information content (AvgIpc) is 3.37. The van der Waals surface area contributed by atoms with Gasteiger partial charge in [0, 0.05) is 36.4 Å². The lowest BCUT2D eigenvalue weighted by molar-refractivity contribution is 0.398. The quantitative estimate of drug-likeness (QED) is 0.882. The van der Waals surface area contributed by atoms with Gasteiger partial charge in [-0.1, -0.05) is 6.92 Å². The van der Waals surface area contributed by atoms with Crippen LogP contribution in [-0.4, -0.2) is 28.6 Å². The Balaban J connectivity index is 1.97. The van der Waals surface area contributed by atoms with Crippen molar-refractivity contribution in [2.45, 2.75) is 32.1 Å². The van der Waals surface area contributed by atoms with Crippen LogP contribution in [0.5, 0.6) is 5.88 Å². The van der Waals surface area contributed by atoms with E-state index >= 15 is 0 Å². The maximum atomic E-state index is 5.19. The van der Waals surface area contributed by atoms with Crippen molar-refractivity contribution in [2.24, 2.45) is 0 Å². The first kappa shape index (κ1) is 13.8.